The Balaban J connectivity index is 1.85. The fraction of sp³-hybridized carbons (Fsp3) is 0.524. The van der Waals surface area contributed by atoms with Gasteiger partial charge in [-0.05, 0) is 63.0 Å². The maximum atomic E-state index is 5.81. The van der Waals surface area contributed by atoms with Gasteiger partial charge in [0.25, 0.3) is 0 Å². The quantitative estimate of drug-likeness (QED) is 0.691. The standard InChI is InChI=1S/C21H32N2O2/c1-16(2)14-23-10-8-19(9-11-23)22-13-18-6-7-20(24-5)21(12-18)25-15-17(3)4/h6-7,12,19,22H,1,3,8-11,13-15H2,2,4-5H3. The van der Waals surface area contributed by atoms with E-state index in [1.807, 2.05) is 13.0 Å². The summed E-state index contributed by atoms with van der Waals surface area (Å²) in [4.78, 5) is 2.48. The third kappa shape index (κ3) is 6.56. The monoisotopic (exact) mass is 344 g/mol. The molecule has 0 amide bonds. The number of nitrogens with one attached hydrogen (secondary N) is 1. The lowest BCUT2D eigenvalue weighted by atomic mass is 10.0. The van der Waals surface area contributed by atoms with Gasteiger partial charge >= 0.3 is 0 Å². The predicted molar refractivity (Wildman–Crippen MR) is 104 cm³/mol. The third-order valence-corrected chi connectivity index (χ3v) is 4.38. The van der Waals surface area contributed by atoms with E-state index in [9.17, 15) is 0 Å². The van der Waals surface area contributed by atoms with E-state index in [-0.39, 0.29) is 0 Å². The first kappa shape index (κ1) is 19.5. The zero-order valence-electron chi connectivity index (χ0n) is 15.9. The summed E-state index contributed by atoms with van der Waals surface area (Å²) in [5.74, 6) is 1.54. The molecule has 0 aromatic heterocycles. The Kier molecular flexibility index (Phi) is 7.53. The zero-order chi connectivity index (χ0) is 18.2. The first-order valence-corrected chi connectivity index (χ1v) is 9.02. The summed E-state index contributed by atoms with van der Waals surface area (Å²) in [5, 5.41) is 3.68. The van der Waals surface area contributed by atoms with Gasteiger partial charge in [0, 0.05) is 19.1 Å². The van der Waals surface area contributed by atoms with Gasteiger partial charge in [-0.2, -0.15) is 0 Å². The van der Waals surface area contributed by atoms with Crippen LogP contribution in [0.5, 0.6) is 11.5 Å². The van der Waals surface area contributed by atoms with Gasteiger partial charge in [0.1, 0.15) is 6.61 Å². The number of nitrogens with zero attached hydrogens (tertiary/aromatic N) is 1. The van der Waals surface area contributed by atoms with Crippen LogP contribution in [0.1, 0.15) is 32.3 Å². The molecule has 1 heterocycles. The number of methoxy groups -OCH3 is 1. The van der Waals surface area contributed by atoms with Crippen molar-refractivity contribution in [2.24, 2.45) is 0 Å². The minimum Gasteiger partial charge on any atom is -0.493 e. The Morgan fingerprint density at radius 1 is 1.16 bits per heavy atom. The van der Waals surface area contributed by atoms with Crippen LogP contribution in [0.4, 0.5) is 0 Å². The number of piperidine rings is 1. The number of ether oxygens (including phenoxy) is 2. The summed E-state index contributed by atoms with van der Waals surface area (Å²) >= 11 is 0. The van der Waals surface area contributed by atoms with Crippen molar-refractivity contribution in [2.45, 2.75) is 39.3 Å². The molecule has 1 aliphatic heterocycles. The second kappa shape index (κ2) is 9.64. The van der Waals surface area contributed by atoms with Crippen LogP contribution in [-0.2, 0) is 6.54 Å². The SMILES string of the molecule is C=C(C)COc1cc(CNC2CCN(CC(=C)C)CC2)ccc1OC. The molecule has 1 fully saturated rings. The molecule has 2 rings (SSSR count). The van der Waals surface area contributed by atoms with Gasteiger partial charge in [-0.3, -0.25) is 4.90 Å². The largest absolute Gasteiger partial charge is 0.493 e. The molecule has 0 radical (unpaired) electrons. The summed E-state index contributed by atoms with van der Waals surface area (Å²) in [6.45, 7) is 16.6. The van der Waals surface area contributed by atoms with Crippen molar-refractivity contribution in [3.63, 3.8) is 0 Å². The molecule has 4 heteroatoms. The Hall–Kier alpha value is -1.78. The normalized spacial score (nSPS) is 15.8. The van der Waals surface area contributed by atoms with Crippen molar-refractivity contribution in [1.82, 2.24) is 10.2 Å². The van der Waals surface area contributed by atoms with Crippen LogP contribution < -0.4 is 14.8 Å². The maximum absolute atomic E-state index is 5.81. The van der Waals surface area contributed by atoms with Gasteiger partial charge in [0.2, 0.25) is 0 Å². The third-order valence-electron chi connectivity index (χ3n) is 4.38. The summed E-state index contributed by atoms with van der Waals surface area (Å²) in [5.41, 5.74) is 3.45. The summed E-state index contributed by atoms with van der Waals surface area (Å²) in [7, 11) is 1.67. The van der Waals surface area contributed by atoms with E-state index in [1.165, 1.54) is 24.0 Å². The highest BCUT2D eigenvalue weighted by atomic mass is 16.5. The lowest BCUT2D eigenvalue weighted by Gasteiger charge is -2.32. The second-order valence-corrected chi connectivity index (χ2v) is 7.12. The van der Waals surface area contributed by atoms with E-state index < -0.39 is 0 Å². The maximum Gasteiger partial charge on any atom is 0.161 e. The van der Waals surface area contributed by atoms with Gasteiger partial charge in [0.15, 0.2) is 11.5 Å². The second-order valence-electron chi connectivity index (χ2n) is 7.12. The van der Waals surface area contributed by atoms with E-state index in [1.54, 1.807) is 7.11 Å². The number of rotatable bonds is 9. The average molecular weight is 344 g/mol. The van der Waals surface area contributed by atoms with Gasteiger partial charge in [-0.1, -0.05) is 24.8 Å². The molecule has 0 atom stereocenters. The fourth-order valence-corrected chi connectivity index (χ4v) is 3.08. The van der Waals surface area contributed by atoms with Crippen LogP contribution in [0.3, 0.4) is 0 Å². The molecule has 0 saturated carbocycles. The molecule has 1 aromatic carbocycles. The molecule has 0 bridgehead atoms. The molecular formula is C21H32N2O2. The highest BCUT2D eigenvalue weighted by Gasteiger charge is 2.18. The number of benzene rings is 1. The smallest absolute Gasteiger partial charge is 0.161 e. The van der Waals surface area contributed by atoms with Crippen LogP contribution in [-0.4, -0.2) is 44.3 Å². The van der Waals surface area contributed by atoms with E-state index in [0.29, 0.717) is 12.6 Å². The fourth-order valence-electron chi connectivity index (χ4n) is 3.08. The van der Waals surface area contributed by atoms with E-state index in [2.05, 4.69) is 42.4 Å². The lowest BCUT2D eigenvalue weighted by Crippen LogP contribution is -2.42. The molecular weight excluding hydrogens is 312 g/mol. The van der Waals surface area contributed by atoms with Crippen LogP contribution in [0.15, 0.2) is 42.5 Å². The lowest BCUT2D eigenvalue weighted by molar-refractivity contribution is 0.211. The summed E-state index contributed by atoms with van der Waals surface area (Å²) < 4.78 is 11.2. The summed E-state index contributed by atoms with van der Waals surface area (Å²) in [6, 6.07) is 6.70. The van der Waals surface area contributed by atoms with Gasteiger partial charge < -0.3 is 14.8 Å². The van der Waals surface area contributed by atoms with E-state index in [4.69, 9.17) is 9.47 Å². The molecule has 0 spiro atoms. The minimum absolute atomic E-state index is 0.508. The first-order valence-electron chi connectivity index (χ1n) is 9.02. The number of likely N-dealkylation sites (tertiary alicyclic amines) is 1. The van der Waals surface area contributed by atoms with Crippen LogP contribution in [0, 0.1) is 0 Å². The molecule has 0 unspecified atom stereocenters. The predicted octanol–water partition coefficient (Wildman–Crippen LogP) is 3.78. The molecule has 1 N–H and O–H groups in total. The van der Waals surface area contributed by atoms with Crippen molar-refractivity contribution in [3.8, 4) is 11.5 Å². The van der Waals surface area contributed by atoms with Gasteiger partial charge in [0.05, 0.1) is 7.11 Å². The molecule has 25 heavy (non-hydrogen) atoms. The van der Waals surface area contributed by atoms with Crippen molar-refractivity contribution >= 4 is 0 Å². The zero-order valence-corrected chi connectivity index (χ0v) is 15.9. The Morgan fingerprint density at radius 2 is 1.88 bits per heavy atom. The molecule has 4 nitrogen and oxygen atoms in total. The molecule has 1 aromatic rings. The minimum atomic E-state index is 0.508. The highest BCUT2D eigenvalue weighted by molar-refractivity contribution is 5.43. The molecule has 0 aliphatic carbocycles. The molecule has 1 saturated heterocycles. The Labute approximate surface area is 152 Å². The van der Waals surface area contributed by atoms with Crippen molar-refractivity contribution in [2.75, 3.05) is 33.4 Å². The first-order chi connectivity index (χ1) is 12.0. The summed E-state index contributed by atoms with van der Waals surface area (Å²) in [6.07, 6.45) is 2.37. The van der Waals surface area contributed by atoms with E-state index in [0.717, 1.165) is 43.3 Å². The van der Waals surface area contributed by atoms with Gasteiger partial charge in [-0.15, -0.1) is 0 Å². The molecule has 1 aliphatic rings. The van der Waals surface area contributed by atoms with Gasteiger partial charge in [-0.25, -0.2) is 0 Å². The highest BCUT2D eigenvalue weighted by Crippen LogP contribution is 2.28. The van der Waals surface area contributed by atoms with Crippen molar-refractivity contribution < 1.29 is 9.47 Å². The van der Waals surface area contributed by atoms with Crippen LogP contribution >= 0.6 is 0 Å². The van der Waals surface area contributed by atoms with Crippen LogP contribution in [0.2, 0.25) is 0 Å². The van der Waals surface area contributed by atoms with Crippen molar-refractivity contribution in [3.05, 3.63) is 48.1 Å². The Morgan fingerprint density at radius 3 is 2.48 bits per heavy atom. The average Bonchev–Trinajstić information content (AvgIpc) is 2.59. The van der Waals surface area contributed by atoms with Crippen molar-refractivity contribution in [1.29, 1.82) is 0 Å². The topological polar surface area (TPSA) is 33.7 Å². The van der Waals surface area contributed by atoms with E-state index >= 15 is 0 Å². The number of hydrogen-bond acceptors (Lipinski definition) is 4. The molecule has 138 valence electrons. The Bertz CT molecular complexity index is 590. The van der Waals surface area contributed by atoms with Crippen LogP contribution in [0.25, 0.3) is 0 Å². The number of hydrogen-bond donors (Lipinski definition) is 1.